The highest BCUT2D eigenvalue weighted by molar-refractivity contribution is 5.78. The van der Waals surface area contributed by atoms with Crippen molar-refractivity contribution >= 4 is 11.9 Å². The summed E-state index contributed by atoms with van der Waals surface area (Å²) >= 11 is 0. The largest absolute Gasteiger partial charge is 0.481 e. The number of rotatable bonds is 6. The average molecular weight is 387 g/mol. The van der Waals surface area contributed by atoms with Crippen molar-refractivity contribution in [2.45, 2.75) is 46.0 Å². The van der Waals surface area contributed by atoms with Gasteiger partial charge in [-0.05, 0) is 56.4 Å². The Balaban J connectivity index is 1.41. The molecule has 3 rings (SSSR count). The van der Waals surface area contributed by atoms with Crippen molar-refractivity contribution in [3.8, 4) is 0 Å². The molecule has 2 atom stereocenters. The molecule has 1 aromatic carbocycles. The number of hydrogen-bond acceptors (Lipinski definition) is 3. The van der Waals surface area contributed by atoms with Crippen molar-refractivity contribution in [2.75, 3.05) is 32.7 Å². The molecule has 0 radical (unpaired) electrons. The fourth-order valence-corrected chi connectivity index (χ4v) is 4.66. The number of carboxylic acid groups (broad SMARTS) is 1. The van der Waals surface area contributed by atoms with Crippen LogP contribution in [0.2, 0.25) is 0 Å². The topological polar surface area (TPSA) is 60.9 Å². The number of hydrogen-bond donors (Lipinski definition) is 1. The predicted octanol–water partition coefficient (Wildman–Crippen LogP) is 3.21. The molecule has 1 aromatic rings. The number of piperidine rings is 2. The summed E-state index contributed by atoms with van der Waals surface area (Å²) in [7, 11) is 0. The molecular formula is C23H34N2O3. The lowest BCUT2D eigenvalue weighted by molar-refractivity contribution is -0.146. The fourth-order valence-electron chi connectivity index (χ4n) is 4.66. The van der Waals surface area contributed by atoms with Gasteiger partial charge in [-0.1, -0.05) is 36.8 Å². The van der Waals surface area contributed by atoms with E-state index in [9.17, 15) is 14.7 Å². The van der Waals surface area contributed by atoms with Crippen molar-refractivity contribution in [2.24, 2.45) is 17.8 Å². The van der Waals surface area contributed by atoms with Crippen molar-refractivity contribution in [3.05, 3.63) is 35.4 Å². The molecule has 0 aromatic heterocycles. The Kier molecular flexibility index (Phi) is 7.11. The molecular weight excluding hydrogens is 352 g/mol. The van der Waals surface area contributed by atoms with Gasteiger partial charge in [-0.3, -0.25) is 14.5 Å². The van der Waals surface area contributed by atoms with E-state index >= 15 is 0 Å². The molecule has 2 aliphatic heterocycles. The average Bonchev–Trinajstić information content (AvgIpc) is 2.67. The van der Waals surface area contributed by atoms with Gasteiger partial charge in [0.1, 0.15) is 0 Å². The number of carboxylic acids is 1. The summed E-state index contributed by atoms with van der Waals surface area (Å²) in [6.07, 6.45) is 5.17. The number of aryl methyl sites for hydroxylation is 2. The first-order valence-corrected chi connectivity index (χ1v) is 10.7. The minimum atomic E-state index is -0.738. The van der Waals surface area contributed by atoms with Gasteiger partial charge in [-0.15, -0.1) is 0 Å². The van der Waals surface area contributed by atoms with E-state index in [-0.39, 0.29) is 11.8 Å². The number of carbonyl (C=O) groups excluding carboxylic acids is 1. The van der Waals surface area contributed by atoms with Crippen LogP contribution in [0.15, 0.2) is 24.3 Å². The van der Waals surface area contributed by atoms with Gasteiger partial charge < -0.3 is 10.0 Å². The minimum Gasteiger partial charge on any atom is -0.481 e. The van der Waals surface area contributed by atoms with Gasteiger partial charge in [0.15, 0.2) is 0 Å². The van der Waals surface area contributed by atoms with Crippen LogP contribution < -0.4 is 0 Å². The molecule has 0 aliphatic carbocycles. The number of amides is 1. The molecule has 2 fully saturated rings. The molecule has 0 spiro atoms. The highest BCUT2D eigenvalue weighted by Crippen LogP contribution is 2.24. The van der Waals surface area contributed by atoms with Crippen molar-refractivity contribution < 1.29 is 14.7 Å². The van der Waals surface area contributed by atoms with Gasteiger partial charge in [0.05, 0.1) is 12.5 Å². The smallest absolute Gasteiger partial charge is 0.307 e. The highest BCUT2D eigenvalue weighted by atomic mass is 16.4. The Bertz CT molecular complexity index is 665. The highest BCUT2D eigenvalue weighted by Gasteiger charge is 2.31. The summed E-state index contributed by atoms with van der Waals surface area (Å²) in [5.41, 5.74) is 2.70. The molecule has 5 heteroatoms. The van der Waals surface area contributed by atoms with Crippen LogP contribution in [0.25, 0.3) is 0 Å². The summed E-state index contributed by atoms with van der Waals surface area (Å²) in [4.78, 5) is 28.1. The van der Waals surface area contributed by atoms with E-state index in [4.69, 9.17) is 0 Å². The standard InChI is InChI=1S/C23H34N2O3/c1-17-3-5-19(6-4-17)7-8-20-9-11-25(12-10-20)22(26)16-24-14-18(2)13-21(15-24)23(27)28/h3-6,18,20-21H,7-16H2,1-2H3,(H,27,28). The van der Waals surface area contributed by atoms with Gasteiger partial charge in [-0.2, -0.15) is 0 Å². The summed E-state index contributed by atoms with van der Waals surface area (Å²) in [6.45, 7) is 7.55. The monoisotopic (exact) mass is 386 g/mol. The van der Waals surface area contributed by atoms with E-state index in [1.807, 2.05) is 9.80 Å². The van der Waals surface area contributed by atoms with Crippen molar-refractivity contribution in [1.82, 2.24) is 9.80 Å². The molecule has 0 saturated carbocycles. The lowest BCUT2D eigenvalue weighted by Crippen LogP contribution is -2.49. The second kappa shape index (κ2) is 9.55. The zero-order chi connectivity index (χ0) is 20.1. The van der Waals surface area contributed by atoms with Gasteiger partial charge in [0, 0.05) is 26.2 Å². The normalized spacial score (nSPS) is 24.3. The Morgan fingerprint density at radius 2 is 1.79 bits per heavy atom. The van der Waals surface area contributed by atoms with Crippen LogP contribution >= 0.6 is 0 Å². The summed E-state index contributed by atoms with van der Waals surface area (Å²) in [5.74, 6) is 0.101. The maximum atomic E-state index is 12.7. The summed E-state index contributed by atoms with van der Waals surface area (Å²) < 4.78 is 0. The van der Waals surface area contributed by atoms with Crippen LogP contribution in [0.1, 0.15) is 43.7 Å². The molecule has 1 amide bonds. The third-order valence-electron chi connectivity index (χ3n) is 6.37. The minimum absolute atomic E-state index is 0.162. The molecule has 1 N–H and O–H groups in total. The quantitative estimate of drug-likeness (QED) is 0.816. The first-order valence-electron chi connectivity index (χ1n) is 10.7. The van der Waals surface area contributed by atoms with E-state index in [0.29, 0.717) is 31.3 Å². The molecule has 2 aliphatic rings. The van der Waals surface area contributed by atoms with Crippen LogP contribution in [0.3, 0.4) is 0 Å². The van der Waals surface area contributed by atoms with Crippen LogP contribution in [0.5, 0.6) is 0 Å². The van der Waals surface area contributed by atoms with Crippen molar-refractivity contribution in [1.29, 1.82) is 0 Å². The lowest BCUT2D eigenvalue weighted by atomic mass is 9.90. The number of nitrogens with zero attached hydrogens (tertiary/aromatic N) is 2. The molecule has 2 saturated heterocycles. The third-order valence-corrected chi connectivity index (χ3v) is 6.37. The molecule has 154 valence electrons. The Hall–Kier alpha value is -1.88. The summed E-state index contributed by atoms with van der Waals surface area (Å²) in [6, 6.07) is 8.79. The second-order valence-corrected chi connectivity index (χ2v) is 8.92. The van der Waals surface area contributed by atoms with Gasteiger partial charge in [0.25, 0.3) is 0 Å². The van der Waals surface area contributed by atoms with Crippen LogP contribution in [0.4, 0.5) is 0 Å². The molecule has 0 bridgehead atoms. The predicted molar refractivity (Wildman–Crippen MR) is 110 cm³/mol. The summed E-state index contributed by atoms with van der Waals surface area (Å²) in [5, 5.41) is 9.31. The van der Waals surface area contributed by atoms with E-state index < -0.39 is 5.97 Å². The molecule has 2 heterocycles. The van der Waals surface area contributed by atoms with E-state index in [0.717, 1.165) is 38.9 Å². The van der Waals surface area contributed by atoms with Gasteiger partial charge in [-0.25, -0.2) is 0 Å². The maximum Gasteiger partial charge on any atom is 0.307 e. The first kappa shape index (κ1) is 20.8. The van der Waals surface area contributed by atoms with Crippen molar-refractivity contribution in [3.63, 3.8) is 0 Å². The number of carbonyl (C=O) groups is 2. The van der Waals surface area contributed by atoms with E-state index in [1.54, 1.807) is 0 Å². The Labute approximate surface area is 168 Å². The number of benzene rings is 1. The molecule has 28 heavy (non-hydrogen) atoms. The van der Waals surface area contributed by atoms with Crippen LogP contribution in [-0.2, 0) is 16.0 Å². The SMILES string of the molecule is Cc1ccc(CCC2CCN(C(=O)CN3CC(C)CC(C(=O)O)C3)CC2)cc1. The Morgan fingerprint density at radius 1 is 1.11 bits per heavy atom. The number of likely N-dealkylation sites (tertiary alicyclic amines) is 2. The zero-order valence-electron chi connectivity index (χ0n) is 17.3. The molecule has 2 unspecified atom stereocenters. The van der Waals surface area contributed by atoms with Crippen LogP contribution in [-0.4, -0.2) is 59.5 Å². The van der Waals surface area contributed by atoms with E-state index in [2.05, 4.69) is 38.1 Å². The second-order valence-electron chi connectivity index (χ2n) is 8.92. The lowest BCUT2D eigenvalue weighted by Gasteiger charge is -2.37. The molecule has 5 nitrogen and oxygen atoms in total. The maximum absolute atomic E-state index is 12.7. The zero-order valence-corrected chi connectivity index (χ0v) is 17.3. The van der Waals surface area contributed by atoms with Gasteiger partial charge >= 0.3 is 5.97 Å². The Morgan fingerprint density at radius 3 is 2.43 bits per heavy atom. The number of aliphatic carboxylic acids is 1. The van der Waals surface area contributed by atoms with E-state index in [1.165, 1.54) is 17.5 Å². The third kappa shape index (κ3) is 5.81. The van der Waals surface area contributed by atoms with Gasteiger partial charge in [0.2, 0.25) is 5.91 Å². The fraction of sp³-hybridized carbons (Fsp3) is 0.652. The first-order chi connectivity index (χ1) is 13.4. The van der Waals surface area contributed by atoms with Crippen LogP contribution in [0, 0.1) is 24.7 Å².